The molecule has 1 rings (SSSR count). The summed E-state index contributed by atoms with van der Waals surface area (Å²) in [6.07, 6.45) is 1.64. The van der Waals surface area contributed by atoms with Gasteiger partial charge in [-0.2, -0.15) is 0 Å². The Labute approximate surface area is 99.3 Å². The summed E-state index contributed by atoms with van der Waals surface area (Å²) in [4.78, 5) is 15.6. The number of nitrogens with zero attached hydrogens (tertiary/aromatic N) is 2. The van der Waals surface area contributed by atoms with E-state index < -0.39 is 18.1 Å². The Bertz CT molecular complexity index is 375. The number of aliphatic hydroxyl groups is 2. The Morgan fingerprint density at radius 2 is 2.29 bits per heavy atom. The van der Waals surface area contributed by atoms with Crippen LogP contribution in [0, 0.1) is 0 Å². The number of carbonyl (C=O) groups is 1. The topological polar surface area (TPSA) is 111 Å². The minimum absolute atomic E-state index is 0.0437. The largest absolute Gasteiger partial charge is 0.393 e. The zero-order valence-electron chi connectivity index (χ0n) is 10.0. The molecule has 0 aliphatic carbocycles. The number of nitrogens with one attached hydrogen (secondary N) is 2. The average molecular weight is 242 g/mol. The standard InChI is InChI=1S/C10H18N4O3/c1-3-4-7-12-8(14-13-7)9(16)11-5-10(2,17)6-15/h15,17H,3-6H2,1-2H3,(H,11,16)(H,12,13,14). The van der Waals surface area contributed by atoms with Crippen LogP contribution < -0.4 is 5.32 Å². The van der Waals surface area contributed by atoms with Crippen molar-refractivity contribution in [2.45, 2.75) is 32.3 Å². The lowest BCUT2D eigenvalue weighted by atomic mass is 10.1. The van der Waals surface area contributed by atoms with Crippen molar-refractivity contribution in [2.75, 3.05) is 13.2 Å². The van der Waals surface area contributed by atoms with Crippen LogP contribution in [0.2, 0.25) is 0 Å². The van der Waals surface area contributed by atoms with E-state index in [1.807, 2.05) is 6.92 Å². The highest BCUT2D eigenvalue weighted by atomic mass is 16.3. The summed E-state index contributed by atoms with van der Waals surface area (Å²) in [5.41, 5.74) is -1.34. The predicted octanol–water partition coefficient (Wildman–Crippen LogP) is -0.770. The van der Waals surface area contributed by atoms with E-state index in [2.05, 4.69) is 20.5 Å². The highest BCUT2D eigenvalue weighted by Crippen LogP contribution is 2.00. The zero-order chi connectivity index (χ0) is 12.9. The first-order chi connectivity index (χ1) is 7.98. The fourth-order valence-corrected chi connectivity index (χ4v) is 1.15. The lowest BCUT2D eigenvalue weighted by molar-refractivity contribution is 0.00312. The zero-order valence-corrected chi connectivity index (χ0v) is 10.0. The van der Waals surface area contributed by atoms with E-state index in [9.17, 15) is 9.90 Å². The summed E-state index contributed by atoms with van der Waals surface area (Å²) in [6, 6.07) is 0. The van der Waals surface area contributed by atoms with Gasteiger partial charge >= 0.3 is 0 Å². The molecule has 4 N–H and O–H groups in total. The van der Waals surface area contributed by atoms with Gasteiger partial charge in [0.2, 0.25) is 5.82 Å². The van der Waals surface area contributed by atoms with Gasteiger partial charge in [-0.1, -0.05) is 6.92 Å². The van der Waals surface area contributed by atoms with Crippen LogP contribution in [0.15, 0.2) is 0 Å². The third-order valence-electron chi connectivity index (χ3n) is 2.19. The Hall–Kier alpha value is -1.47. The first-order valence-corrected chi connectivity index (χ1v) is 5.51. The first kappa shape index (κ1) is 13.6. The average Bonchev–Trinajstić information content (AvgIpc) is 2.75. The minimum Gasteiger partial charge on any atom is -0.393 e. The first-order valence-electron chi connectivity index (χ1n) is 5.51. The van der Waals surface area contributed by atoms with Gasteiger partial charge < -0.3 is 15.5 Å². The molecule has 7 heteroatoms. The second-order valence-electron chi connectivity index (χ2n) is 4.19. The highest BCUT2D eigenvalue weighted by molar-refractivity contribution is 5.90. The molecule has 1 aromatic rings. The quantitative estimate of drug-likeness (QED) is 0.523. The van der Waals surface area contributed by atoms with Gasteiger partial charge in [0.1, 0.15) is 11.4 Å². The molecule has 0 bridgehead atoms. The van der Waals surface area contributed by atoms with Gasteiger partial charge in [0, 0.05) is 13.0 Å². The number of aromatic amines is 1. The molecule has 0 spiro atoms. The summed E-state index contributed by atoms with van der Waals surface area (Å²) in [5.74, 6) is 0.228. The predicted molar refractivity (Wildman–Crippen MR) is 60.4 cm³/mol. The van der Waals surface area contributed by atoms with Crippen molar-refractivity contribution < 1.29 is 15.0 Å². The number of hydrogen-bond donors (Lipinski definition) is 4. The molecule has 0 aliphatic heterocycles. The highest BCUT2D eigenvalue weighted by Gasteiger charge is 2.21. The molecule has 0 aliphatic rings. The third kappa shape index (κ3) is 4.12. The molecule has 0 radical (unpaired) electrons. The molecule has 1 aromatic heterocycles. The number of aliphatic hydroxyl groups excluding tert-OH is 1. The lowest BCUT2D eigenvalue weighted by Crippen LogP contribution is -2.43. The van der Waals surface area contributed by atoms with Crippen molar-refractivity contribution in [3.05, 3.63) is 11.6 Å². The van der Waals surface area contributed by atoms with Crippen LogP contribution in [-0.4, -0.2) is 50.1 Å². The number of hydrogen-bond acceptors (Lipinski definition) is 5. The van der Waals surface area contributed by atoms with E-state index in [1.54, 1.807) is 0 Å². The van der Waals surface area contributed by atoms with E-state index in [4.69, 9.17) is 5.11 Å². The molecular formula is C10H18N4O3. The Morgan fingerprint density at radius 3 is 2.88 bits per heavy atom. The van der Waals surface area contributed by atoms with E-state index in [1.165, 1.54) is 6.92 Å². The Kier molecular flexibility index (Phi) is 4.59. The van der Waals surface area contributed by atoms with Crippen molar-refractivity contribution in [1.29, 1.82) is 0 Å². The van der Waals surface area contributed by atoms with Crippen molar-refractivity contribution in [3.63, 3.8) is 0 Å². The van der Waals surface area contributed by atoms with Gasteiger partial charge in [-0.3, -0.25) is 9.89 Å². The van der Waals surface area contributed by atoms with Crippen molar-refractivity contribution in [1.82, 2.24) is 20.5 Å². The molecule has 1 atom stereocenters. The van der Waals surface area contributed by atoms with Crippen LogP contribution in [0.5, 0.6) is 0 Å². The maximum atomic E-state index is 11.6. The van der Waals surface area contributed by atoms with E-state index in [0.717, 1.165) is 12.8 Å². The van der Waals surface area contributed by atoms with E-state index in [-0.39, 0.29) is 12.4 Å². The molecule has 96 valence electrons. The molecule has 17 heavy (non-hydrogen) atoms. The lowest BCUT2D eigenvalue weighted by Gasteiger charge is -2.19. The summed E-state index contributed by atoms with van der Waals surface area (Å²) in [5, 5.41) is 27.2. The molecule has 0 saturated heterocycles. The SMILES string of the molecule is CCCc1nc(C(=O)NCC(C)(O)CO)n[nH]1. The number of aromatic nitrogens is 3. The smallest absolute Gasteiger partial charge is 0.291 e. The molecule has 0 aromatic carbocycles. The Morgan fingerprint density at radius 1 is 1.59 bits per heavy atom. The second kappa shape index (κ2) is 5.74. The van der Waals surface area contributed by atoms with Crippen LogP contribution in [0.4, 0.5) is 0 Å². The fourth-order valence-electron chi connectivity index (χ4n) is 1.15. The molecule has 7 nitrogen and oxygen atoms in total. The molecule has 0 fully saturated rings. The van der Waals surface area contributed by atoms with Gasteiger partial charge in [0.05, 0.1) is 6.61 Å². The van der Waals surface area contributed by atoms with E-state index in [0.29, 0.717) is 5.82 Å². The van der Waals surface area contributed by atoms with Crippen LogP contribution >= 0.6 is 0 Å². The number of amides is 1. The fraction of sp³-hybridized carbons (Fsp3) is 0.700. The summed E-state index contributed by atoms with van der Waals surface area (Å²) in [7, 11) is 0. The van der Waals surface area contributed by atoms with Crippen molar-refractivity contribution in [3.8, 4) is 0 Å². The molecule has 1 unspecified atom stereocenters. The van der Waals surface area contributed by atoms with Gasteiger partial charge in [0.15, 0.2) is 0 Å². The van der Waals surface area contributed by atoms with Gasteiger partial charge in [-0.15, -0.1) is 5.10 Å². The number of aryl methyl sites for hydroxylation is 1. The number of rotatable bonds is 6. The van der Waals surface area contributed by atoms with Crippen molar-refractivity contribution in [2.24, 2.45) is 0 Å². The maximum absolute atomic E-state index is 11.6. The van der Waals surface area contributed by atoms with Crippen LogP contribution in [0.3, 0.4) is 0 Å². The van der Waals surface area contributed by atoms with Gasteiger partial charge in [0.25, 0.3) is 5.91 Å². The Balaban J connectivity index is 2.52. The summed E-state index contributed by atoms with van der Waals surface area (Å²) < 4.78 is 0. The second-order valence-corrected chi connectivity index (χ2v) is 4.19. The van der Waals surface area contributed by atoms with Gasteiger partial charge in [-0.25, -0.2) is 4.98 Å². The van der Waals surface area contributed by atoms with Gasteiger partial charge in [-0.05, 0) is 13.3 Å². The van der Waals surface area contributed by atoms with Crippen molar-refractivity contribution >= 4 is 5.91 Å². The minimum atomic E-state index is -1.34. The number of H-pyrrole nitrogens is 1. The van der Waals surface area contributed by atoms with E-state index >= 15 is 0 Å². The molecule has 0 saturated carbocycles. The van der Waals surface area contributed by atoms with Crippen LogP contribution in [0.1, 0.15) is 36.7 Å². The van der Waals surface area contributed by atoms with Crippen LogP contribution in [0.25, 0.3) is 0 Å². The molecule has 1 heterocycles. The molecule has 1 amide bonds. The summed E-state index contributed by atoms with van der Waals surface area (Å²) >= 11 is 0. The monoisotopic (exact) mass is 242 g/mol. The third-order valence-corrected chi connectivity index (χ3v) is 2.19. The molecular weight excluding hydrogens is 224 g/mol. The normalized spacial score (nSPS) is 14.4. The van der Waals surface area contributed by atoms with Crippen LogP contribution in [-0.2, 0) is 6.42 Å². The maximum Gasteiger partial charge on any atom is 0.291 e. The number of carbonyl (C=O) groups excluding carboxylic acids is 1. The summed E-state index contributed by atoms with van der Waals surface area (Å²) in [6.45, 7) is 2.94.